The van der Waals surface area contributed by atoms with Crippen molar-refractivity contribution < 1.29 is 23.9 Å². The molecule has 0 aromatic carbocycles. The number of nitrogens with one attached hydrogen (secondary N) is 1. The third-order valence-electron chi connectivity index (χ3n) is 15.6. The molecule has 5 saturated carbocycles. The summed E-state index contributed by atoms with van der Waals surface area (Å²) in [5.74, 6) is 2.71. The first kappa shape index (κ1) is 36.7. The molecule has 5 rings (SSSR count). The van der Waals surface area contributed by atoms with Gasteiger partial charge in [-0.1, -0.05) is 55.4 Å². The van der Waals surface area contributed by atoms with Gasteiger partial charge in [0.15, 0.2) is 0 Å². The summed E-state index contributed by atoms with van der Waals surface area (Å²) in [6, 6.07) is -0.661. The fraction of sp³-hybridized carbons (Fsp3) is 0.927. The van der Waals surface area contributed by atoms with Crippen LogP contribution in [-0.4, -0.2) is 35.6 Å². The number of hydrogen-bond donors (Lipinski definition) is 1. The summed E-state index contributed by atoms with van der Waals surface area (Å²) in [5.41, 5.74) is -0.492. The van der Waals surface area contributed by atoms with E-state index in [1.54, 1.807) is 6.92 Å². The minimum absolute atomic E-state index is 0.00178. The highest BCUT2D eigenvalue weighted by Gasteiger charge is 2.72. The van der Waals surface area contributed by atoms with Crippen LogP contribution in [0.2, 0.25) is 0 Å². The van der Waals surface area contributed by atoms with Crippen LogP contribution in [0.4, 0.5) is 0 Å². The molecule has 5 fully saturated rings. The second kappa shape index (κ2) is 12.3. The molecule has 5 aliphatic rings. The summed E-state index contributed by atoms with van der Waals surface area (Å²) in [7, 11) is 0. The summed E-state index contributed by atoms with van der Waals surface area (Å²) in [4.78, 5) is 40.1. The van der Waals surface area contributed by atoms with E-state index in [0.717, 1.165) is 44.9 Å². The van der Waals surface area contributed by atoms with Gasteiger partial charge in [-0.2, -0.15) is 0 Å². The Morgan fingerprint density at radius 1 is 0.809 bits per heavy atom. The van der Waals surface area contributed by atoms with E-state index in [2.05, 4.69) is 53.8 Å². The lowest BCUT2D eigenvalue weighted by molar-refractivity contribution is -0.250. The van der Waals surface area contributed by atoms with E-state index in [0.29, 0.717) is 41.9 Å². The molecule has 0 heterocycles. The molecule has 0 aliphatic heterocycles. The Morgan fingerprint density at radius 2 is 1.49 bits per heavy atom. The highest BCUT2D eigenvalue weighted by atomic mass is 16.6. The van der Waals surface area contributed by atoms with Gasteiger partial charge in [0.2, 0.25) is 5.91 Å². The van der Waals surface area contributed by atoms with Gasteiger partial charge in [0.05, 0.1) is 5.41 Å². The highest BCUT2D eigenvalue weighted by Crippen LogP contribution is 2.77. The first-order valence-corrected chi connectivity index (χ1v) is 19.4. The molecular weight excluding hydrogens is 586 g/mol. The van der Waals surface area contributed by atoms with Crippen LogP contribution >= 0.6 is 0 Å². The molecular formula is C41H69NO5. The van der Waals surface area contributed by atoms with Gasteiger partial charge in [-0.3, -0.25) is 9.59 Å². The van der Waals surface area contributed by atoms with Crippen molar-refractivity contribution in [3.63, 3.8) is 0 Å². The first-order chi connectivity index (χ1) is 21.7. The van der Waals surface area contributed by atoms with Crippen molar-refractivity contribution in [2.24, 2.45) is 62.6 Å². The largest absolute Gasteiger partial charge is 0.462 e. The van der Waals surface area contributed by atoms with E-state index < -0.39 is 17.1 Å². The van der Waals surface area contributed by atoms with E-state index in [1.165, 1.54) is 25.7 Å². The average molecular weight is 656 g/mol. The SMILES string of the molecule is CCCC(=O)O[C@@H]1CC[C@@]2(C)C(CC[C@]3(C)C2CCC2[C@@H]4[C@H](C(C)C)CC[C@]4(C(=O)N[C@H](C)C(=O)OC(C)(C)C)CC[C@]23C)C1(C)C. The predicted molar refractivity (Wildman–Crippen MR) is 187 cm³/mol. The smallest absolute Gasteiger partial charge is 0.328 e. The quantitative estimate of drug-likeness (QED) is 0.277. The van der Waals surface area contributed by atoms with Crippen molar-refractivity contribution in [3.8, 4) is 0 Å². The van der Waals surface area contributed by atoms with Gasteiger partial charge in [0.1, 0.15) is 17.7 Å². The third-order valence-corrected chi connectivity index (χ3v) is 15.6. The Morgan fingerprint density at radius 3 is 2.11 bits per heavy atom. The van der Waals surface area contributed by atoms with Crippen molar-refractivity contribution in [2.45, 2.75) is 178 Å². The van der Waals surface area contributed by atoms with Gasteiger partial charge in [-0.05, 0) is 150 Å². The second-order valence-corrected chi connectivity index (χ2v) is 19.6. The van der Waals surface area contributed by atoms with Crippen LogP contribution in [0.3, 0.4) is 0 Å². The minimum Gasteiger partial charge on any atom is -0.462 e. The van der Waals surface area contributed by atoms with Gasteiger partial charge >= 0.3 is 11.9 Å². The second-order valence-electron chi connectivity index (χ2n) is 19.6. The van der Waals surface area contributed by atoms with Crippen LogP contribution in [0.1, 0.15) is 160 Å². The van der Waals surface area contributed by atoms with Gasteiger partial charge < -0.3 is 14.8 Å². The van der Waals surface area contributed by atoms with Crippen molar-refractivity contribution in [3.05, 3.63) is 0 Å². The normalized spacial score (nSPS) is 43.1. The van der Waals surface area contributed by atoms with E-state index >= 15 is 0 Å². The summed E-state index contributed by atoms with van der Waals surface area (Å²) >= 11 is 0. The number of ether oxygens (including phenoxy) is 2. The molecule has 5 aliphatic carbocycles. The number of fused-ring (bicyclic) bond motifs is 7. The van der Waals surface area contributed by atoms with Crippen molar-refractivity contribution in [1.29, 1.82) is 0 Å². The summed E-state index contributed by atoms with van der Waals surface area (Å²) in [6.07, 6.45) is 12.2. The Labute approximate surface area is 287 Å². The molecule has 1 amide bonds. The molecule has 0 aromatic rings. The first-order valence-electron chi connectivity index (χ1n) is 19.4. The standard InChI is InChI=1S/C41H69NO5/c1-13-14-32(43)46-31-19-20-38(10)29(37(31,8)9)18-21-40(12)30(38)16-15-28-33-27(25(2)3)17-22-41(33,24-23-39(28,40)11)35(45)42-26(4)34(44)47-36(5,6)7/h25-31,33H,13-24H2,1-12H3,(H,42,45)/t26-,27+,28?,29?,30?,31-,33+,38+,39-,40-,41+/m1/s1. The highest BCUT2D eigenvalue weighted by molar-refractivity contribution is 5.88. The van der Waals surface area contributed by atoms with Crippen molar-refractivity contribution in [1.82, 2.24) is 5.32 Å². The zero-order chi connectivity index (χ0) is 35.0. The van der Waals surface area contributed by atoms with E-state index in [1.807, 2.05) is 27.7 Å². The molecule has 3 unspecified atom stereocenters. The Balaban J connectivity index is 1.43. The summed E-state index contributed by atoms with van der Waals surface area (Å²) < 4.78 is 11.8. The van der Waals surface area contributed by atoms with Gasteiger partial charge in [0, 0.05) is 11.8 Å². The maximum atomic E-state index is 14.5. The molecule has 0 radical (unpaired) electrons. The molecule has 0 saturated heterocycles. The lowest BCUT2D eigenvalue weighted by atomic mass is 9.32. The van der Waals surface area contributed by atoms with Crippen LogP contribution in [0.15, 0.2) is 0 Å². The number of rotatable bonds is 7. The lowest BCUT2D eigenvalue weighted by Crippen LogP contribution is -2.67. The monoisotopic (exact) mass is 656 g/mol. The fourth-order valence-corrected chi connectivity index (χ4v) is 13.2. The maximum Gasteiger partial charge on any atom is 0.328 e. The van der Waals surface area contributed by atoms with Crippen LogP contribution in [0, 0.1) is 62.6 Å². The fourth-order valence-electron chi connectivity index (χ4n) is 13.2. The molecule has 0 spiro atoms. The Bertz CT molecular complexity index is 1220. The van der Waals surface area contributed by atoms with Gasteiger partial charge in [-0.25, -0.2) is 4.79 Å². The molecule has 1 N–H and O–H groups in total. The van der Waals surface area contributed by atoms with Gasteiger partial charge in [-0.15, -0.1) is 0 Å². The average Bonchev–Trinajstić information content (AvgIpc) is 3.35. The van der Waals surface area contributed by atoms with Gasteiger partial charge in [0.25, 0.3) is 0 Å². The maximum absolute atomic E-state index is 14.5. The number of esters is 2. The van der Waals surface area contributed by atoms with Crippen LogP contribution in [0.5, 0.6) is 0 Å². The van der Waals surface area contributed by atoms with E-state index in [4.69, 9.17) is 9.47 Å². The number of carbonyl (C=O) groups is 3. The van der Waals surface area contributed by atoms with Crippen LogP contribution in [-0.2, 0) is 23.9 Å². The molecule has 0 bridgehead atoms. The van der Waals surface area contributed by atoms with Crippen LogP contribution < -0.4 is 5.32 Å². The van der Waals surface area contributed by atoms with Crippen LogP contribution in [0.25, 0.3) is 0 Å². The van der Waals surface area contributed by atoms with E-state index in [9.17, 15) is 14.4 Å². The van der Waals surface area contributed by atoms with Crippen molar-refractivity contribution >= 4 is 17.8 Å². The molecule has 0 aromatic heterocycles. The zero-order valence-electron chi connectivity index (χ0n) is 32.1. The minimum atomic E-state index is -0.661. The number of amides is 1. The summed E-state index contributed by atoms with van der Waals surface area (Å²) in [5, 5.41) is 3.20. The lowest BCUT2D eigenvalue weighted by Gasteiger charge is -2.73. The Hall–Kier alpha value is -1.59. The molecule has 11 atom stereocenters. The topological polar surface area (TPSA) is 81.7 Å². The predicted octanol–water partition coefficient (Wildman–Crippen LogP) is 9.28. The summed E-state index contributed by atoms with van der Waals surface area (Å²) in [6.45, 7) is 26.8. The molecule has 6 heteroatoms. The Kier molecular flexibility index (Phi) is 9.62. The molecule has 47 heavy (non-hydrogen) atoms. The number of carbonyl (C=O) groups excluding carboxylic acids is 3. The molecule has 268 valence electrons. The number of hydrogen-bond acceptors (Lipinski definition) is 5. The van der Waals surface area contributed by atoms with Crippen molar-refractivity contribution in [2.75, 3.05) is 0 Å². The molecule has 6 nitrogen and oxygen atoms in total. The third kappa shape index (κ3) is 5.79. The zero-order valence-corrected chi connectivity index (χ0v) is 32.1. The van der Waals surface area contributed by atoms with E-state index in [-0.39, 0.29) is 45.6 Å².